The lowest BCUT2D eigenvalue weighted by atomic mass is 9.79. The molecule has 1 heterocycles. The minimum atomic E-state index is 0.0705. The van der Waals surface area contributed by atoms with Gasteiger partial charge in [-0.15, -0.1) is 0 Å². The van der Waals surface area contributed by atoms with Crippen LogP contribution >= 0.6 is 0 Å². The smallest absolute Gasteiger partial charge is 0.228 e. The molecule has 1 N–H and O–H groups in total. The van der Waals surface area contributed by atoms with Crippen molar-refractivity contribution in [2.24, 2.45) is 11.8 Å². The van der Waals surface area contributed by atoms with Gasteiger partial charge in [0.1, 0.15) is 11.9 Å². The molecule has 1 saturated carbocycles. The number of aromatic nitrogens is 1. The number of hydrogen-bond acceptors (Lipinski definition) is 3. The first-order valence-corrected chi connectivity index (χ1v) is 7.90. The number of anilines is 1. The Morgan fingerprint density at radius 1 is 1.38 bits per heavy atom. The van der Waals surface area contributed by atoms with Gasteiger partial charge in [0.05, 0.1) is 5.56 Å². The predicted molar refractivity (Wildman–Crippen MR) is 82.6 cm³/mol. The Bertz CT molecular complexity index is 496. The lowest BCUT2D eigenvalue weighted by Gasteiger charge is -2.27. The molecule has 1 fully saturated rings. The van der Waals surface area contributed by atoms with Crippen molar-refractivity contribution >= 4 is 11.7 Å². The Hall–Kier alpha value is -1.89. The molecule has 1 aromatic heterocycles. The monoisotopic (exact) mass is 285 g/mol. The molecule has 0 aliphatic heterocycles. The van der Waals surface area contributed by atoms with E-state index in [1.807, 2.05) is 6.07 Å². The maximum atomic E-state index is 12.2. The lowest BCUT2D eigenvalue weighted by molar-refractivity contribution is -0.121. The molecule has 1 aliphatic carbocycles. The van der Waals surface area contributed by atoms with Crippen LogP contribution in [0.1, 0.15) is 57.4 Å². The van der Waals surface area contributed by atoms with E-state index < -0.39 is 0 Å². The van der Waals surface area contributed by atoms with Crippen LogP contribution in [0.15, 0.2) is 18.3 Å². The van der Waals surface area contributed by atoms with Crippen molar-refractivity contribution in [3.63, 3.8) is 0 Å². The van der Waals surface area contributed by atoms with Gasteiger partial charge in [-0.05, 0) is 43.7 Å². The van der Waals surface area contributed by atoms with Crippen LogP contribution in [0.2, 0.25) is 0 Å². The van der Waals surface area contributed by atoms with E-state index in [-0.39, 0.29) is 11.8 Å². The van der Waals surface area contributed by atoms with E-state index in [4.69, 9.17) is 5.26 Å². The predicted octanol–water partition coefficient (Wildman–Crippen LogP) is 3.89. The molecule has 0 bridgehead atoms. The Kier molecular flexibility index (Phi) is 5.74. The maximum Gasteiger partial charge on any atom is 0.228 e. The Labute approximate surface area is 126 Å². The minimum Gasteiger partial charge on any atom is -0.310 e. The molecule has 0 aromatic carbocycles. The third-order valence-electron chi connectivity index (χ3n) is 4.33. The number of rotatable bonds is 5. The average Bonchev–Trinajstić information content (AvgIpc) is 2.54. The van der Waals surface area contributed by atoms with Crippen LogP contribution in [0, 0.1) is 23.2 Å². The first-order valence-electron chi connectivity index (χ1n) is 7.90. The molecule has 0 saturated heterocycles. The van der Waals surface area contributed by atoms with E-state index in [2.05, 4.69) is 17.2 Å². The van der Waals surface area contributed by atoms with Gasteiger partial charge in [-0.2, -0.15) is 5.26 Å². The van der Waals surface area contributed by atoms with Crippen molar-refractivity contribution in [3.8, 4) is 6.07 Å². The highest BCUT2D eigenvalue weighted by Gasteiger charge is 2.26. The molecule has 1 aliphatic rings. The third kappa shape index (κ3) is 4.56. The van der Waals surface area contributed by atoms with Gasteiger partial charge in [0.2, 0.25) is 5.91 Å². The second-order valence-corrected chi connectivity index (χ2v) is 5.89. The molecule has 21 heavy (non-hydrogen) atoms. The zero-order valence-electron chi connectivity index (χ0n) is 12.6. The zero-order chi connectivity index (χ0) is 15.1. The quantitative estimate of drug-likeness (QED) is 0.892. The van der Waals surface area contributed by atoms with Crippen molar-refractivity contribution in [1.82, 2.24) is 4.98 Å². The number of pyridine rings is 1. The average molecular weight is 285 g/mol. The van der Waals surface area contributed by atoms with Gasteiger partial charge in [0, 0.05) is 12.1 Å². The topological polar surface area (TPSA) is 65.8 Å². The fraction of sp³-hybridized carbons (Fsp3) is 0.588. The molecule has 1 amide bonds. The van der Waals surface area contributed by atoms with E-state index in [1.54, 1.807) is 12.1 Å². The van der Waals surface area contributed by atoms with Gasteiger partial charge in [-0.1, -0.05) is 26.2 Å². The lowest BCUT2D eigenvalue weighted by Crippen LogP contribution is -2.27. The maximum absolute atomic E-state index is 12.2. The van der Waals surface area contributed by atoms with Crippen LogP contribution < -0.4 is 5.32 Å². The molecule has 112 valence electrons. The third-order valence-corrected chi connectivity index (χ3v) is 4.33. The summed E-state index contributed by atoms with van der Waals surface area (Å²) in [5.74, 6) is 1.52. The first kappa shape index (κ1) is 15.5. The molecular weight excluding hydrogens is 262 g/mol. The zero-order valence-corrected chi connectivity index (χ0v) is 12.6. The van der Waals surface area contributed by atoms with Crippen molar-refractivity contribution in [2.75, 3.05) is 5.32 Å². The van der Waals surface area contributed by atoms with Crippen molar-refractivity contribution < 1.29 is 4.79 Å². The number of hydrogen-bond donors (Lipinski definition) is 1. The summed E-state index contributed by atoms with van der Waals surface area (Å²) in [4.78, 5) is 16.3. The molecule has 0 atom stereocenters. The van der Waals surface area contributed by atoms with Crippen LogP contribution in [0.25, 0.3) is 0 Å². The van der Waals surface area contributed by atoms with E-state index in [0.717, 1.165) is 18.8 Å². The van der Waals surface area contributed by atoms with Gasteiger partial charge >= 0.3 is 0 Å². The van der Waals surface area contributed by atoms with E-state index in [9.17, 15) is 4.79 Å². The van der Waals surface area contributed by atoms with Crippen LogP contribution in [-0.2, 0) is 4.79 Å². The summed E-state index contributed by atoms with van der Waals surface area (Å²) in [5.41, 5.74) is 0.504. The van der Waals surface area contributed by atoms with Gasteiger partial charge in [0.15, 0.2) is 0 Å². The summed E-state index contributed by atoms with van der Waals surface area (Å²) >= 11 is 0. The highest BCUT2D eigenvalue weighted by Crippen LogP contribution is 2.32. The molecule has 4 nitrogen and oxygen atoms in total. The minimum absolute atomic E-state index is 0.0705. The highest BCUT2D eigenvalue weighted by molar-refractivity contribution is 5.91. The van der Waals surface area contributed by atoms with Crippen molar-refractivity contribution in [1.29, 1.82) is 5.26 Å². The molecular formula is C17H23N3O. The van der Waals surface area contributed by atoms with E-state index >= 15 is 0 Å². The molecule has 0 unspecified atom stereocenters. The largest absolute Gasteiger partial charge is 0.310 e. The summed E-state index contributed by atoms with van der Waals surface area (Å²) in [5, 5.41) is 11.6. The standard InChI is InChI=1S/C17H23N3O/c1-2-3-4-13-5-8-15(9-6-13)17(21)20-16-10-7-14(11-18)12-19-16/h7,10,12-13,15H,2-6,8-9H2,1H3,(H,19,20,21). The van der Waals surface area contributed by atoms with Gasteiger partial charge in [-0.3, -0.25) is 4.79 Å². The number of nitrogens with one attached hydrogen (secondary N) is 1. The first-order chi connectivity index (χ1) is 10.2. The van der Waals surface area contributed by atoms with Crippen LogP contribution in [0.4, 0.5) is 5.82 Å². The second-order valence-electron chi connectivity index (χ2n) is 5.89. The second kappa shape index (κ2) is 7.78. The number of unbranched alkanes of at least 4 members (excludes halogenated alkanes) is 1. The van der Waals surface area contributed by atoms with Crippen LogP contribution in [0.3, 0.4) is 0 Å². The summed E-state index contributed by atoms with van der Waals surface area (Å²) in [7, 11) is 0. The Morgan fingerprint density at radius 2 is 2.14 bits per heavy atom. The van der Waals surface area contributed by atoms with Crippen LogP contribution in [0.5, 0.6) is 0 Å². The Balaban J connectivity index is 1.80. The highest BCUT2D eigenvalue weighted by atomic mass is 16.1. The number of carbonyl (C=O) groups excluding carboxylic acids is 1. The summed E-state index contributed by atoms with van der Waals surface area (Å²) in [6.07, 6.45) is 9.64. The van der Waals surface area contributed by atoms with Crippen molar-refractivity contribution in [2.45, 2.75) is 51.9 Å². The Morgan fingerprint density at radius 3 is 2.71 bits per heavy atom. The molecule has 4 heteroatoms. The van der Waals surface area contributed by atoms with Gasteiger partial charge in [0.25, 0.3) is 0 Å². The molecule has 0 radical (unpaired) electrons. The SMILES string of the molecule is CCCCC1CCC(C(=O)Nc2ccc(C#N)cn2)CC1. The van der Waals surface area contributed by atoms with Gasteiger partial charge < -0.3 is 5.32 Å². The normalized spacial score (nSPS) is 21.5. The molecule has 2 rings (SSSR count). The summed E-state index contributed by atoms with van der Waals surface area (Å²) in [6.45, 7) is 2.23. The summed E-state index contributed by atoms with van der Waals surface area (Å²) in [6, 6.07) is 5.37. The molecule has 0 spiro atoms. The van der Waals surface area contributed by atoms with E-state index in [1.165, 1.54) is 38.3 Å². The fourth-order valence-corrected chi connectivity index (χ4v) is 2.97. The summed E-state index contributed by atoms with van der Waals surface area (Å²) < 4.78 is 0. The van der Waals surface area contributed by atoms with Crippen molar-refractivity contribution in [3.05, 3.63) is 23.9 Å². The fourth-order valence-electron chi connectivity index (χ4n) is 2.97. The van der Waals surface area contributed by atoms with Crippen LogP contribution in [-0.4, -0.2) is 10.9 Å². The van der Waals surface area contributed by atoms with E-state index in [0.29, 0.717) is 11.4 Å². The molecule has 1 aromatic rings. The van der Waals surface area contributed by atoms with Gasteiger partial charge in [-0.25, -0.2) is 4.98 Å². The number of amides is 1. The number of nitriles is 1. The number of carbonyl (C=O) groups is 1. The number of nitrogens with zero attached hydrogens (tertiary/aromatic N) is 2.